The van der Waals surface area contributed by atoms with Gasteiger partial charge in [0.2, 0.25) is 0 Å². The van der Waals surface area contributed by atoms with Gasteiger partial charge in [-0.25, -0.2) is 4.98 Å². The van der Waals surface area contributed by atoms with Gasteiger partial charge in [-0.3, -0.25) is 4.99 Å². The number of aliphatic imine (C=N–C) groups is 1. The number of piperazine rings is 1. The normalized spacial score (nSPS) is 15.2. The molecule has 7 nitrogen and oxygen atoms in total. The lowest BCUT2D eigenvalue weighted by molar-refractivity contribution is 0.380. The Labute approximate surface area is 158 Å². The van der Waals surface area contributed by atoms with Gasteiger partial charge in [0.05, 0.1) is 14.2 Å². The first-order chi connectivity index (χ1) is 12.7. The van der Waals surface area contributed by atoms with Gasteiger partial charge in [0, 0.05) is 44.3 Å². The Bertz CT molecular complexity index is 727. The average molecular weight is 375 g/mol. The van der Waals surface area contributed by atoms with Crippen molar-refractivity contribution in [2.24, 2.45) is 10.7 Å². The molecule has 1 fully saturated rings. The molecule has 8 heteroatoms. The lowest BCUT2D eigenvalue weighted by Gasteiger charge is -2.35. The van der Waals surface area contributed by atoms with E-state index in [1.54, 1.807) is 25.6 Å². The summed E-state index contributed by atoms with van der Waals surface area (Å²) in [5, 5.41) is 3.08. The Morgan fingerprint density at radius 3 is 2.69 bits per heavy atom. The zero-order valence-electron chi connectivity index (χ0n) is 15.2. The minimum Gasteiger partial charge on any atom is -0.497 e. The molecule has 2 N–H and O–H groups in total. The minimum absolute atomic E-state index is 0.602. The Hall–Kier alpha value is -2.48. The second-order valence-corrected chi connectivity index (χ2v) is 6.83. The van der Waals surface area contributed by atoms with Crippen LogP contribution in [0.15, 0.2) is 34.8 Å². The molecular formula is C18H25N5O2S. The van der Waals surface area contributed by atoms with Crippen LogP contribution < -0.4 is 20.1 Å². The van der Waals surface area contributed by atoms with E-state index in [1.807, 2.05) is 29.8 Å². The molecule has 2 aromatic rings. The third-order valence-electron chi connectivity index (χ3n) is 4.44. The van der Waals surface area contributed by atoms with Crippen molar-refractivity contribution in [1.82, 2.24) is 9.88 Å². The molecule has 140 valence electrons. The molecule has 0 radical (unpaired) electrons. The number of nitrogens with two attached hydrogens (primary N) is 1. The standard InChI is InChI=1S/C18H25N5O2S/c1-24-15-3-4-16(25-2)14(13-15)5-6-20-17(19)22-8-10-23(11-9-22)18-21-7-12-26-18/h3-4,7,12-13H,5-6,8-11H2,1-2H3,(H2,19,20). The number of hydrogen-bond acceptors (Lipinski definition) is 6. The SMILES string of the molecule is COc1ccc(OC)c(CCN=C(N)N2CCN(c3nccs3)CC2)c1. The summed E-state index contributed by atoms with van der Waals surface area (Å²) in [6, 6.07) is 5.79. The fourth-order valence-electron chi connectivity index (χ4n) is 2.97. The number of guanidine groups is 1. The van der Waals surface area contributed by atoms with Crippen LogP contribution in [-0.4, -0.2) is 62.8 Å². The lowest BCUT2D eigenvalue weighted by atomic mass is 10.1. The van der Waals surface area contributed by atoms with Crippen molar-refractivity contribution in [3.05, 3.63) is 35.3 Å². The van der Waals surface area contributed by atoms with Crippen molar-refractivity contribution in [1.29, 1.82) is 0 Å². The number of hydrogen-bond donors (Lipinski definition) is 1. The highest BCUT2D eigenvalue weighted by Gasteiger charge is 2.19. The van der Waals surface area contributed by atoms with Gasteiger partial charge < -0.3 is 25.0 Å². The van der Waals surface area contributed by atoms with E-state index in [1.165, 1.54) is 0 Å². The topological polar surface area (TPSA) is 76.2 Å². The molecule has 0 spiro atoms. The number of methoxy groups -OCH3 is 2. The number of anilines is 1. The molecule has 0 bridgehead atoms. The fraction of sp³-hybridized carbons (Fsp3) is 0.444. The van der Waals surface area contributed by atoms with Crippen LogP contribution in [0.25, 0.3) is 0 Å². The molecule has 26 heavy (non-hydrogen) atoms. The molecular weight excluding hydrogens is 350 g/mol. The maximum Gasteiger partial charge on any atom is 0.191 e. The fourth-order valence-corrected chi connectivity index (χ4v) is 3.66. The molecule has 0 unspecified atom stereocenters. The molecule has 1 aromatic carbocycles. The highest BCUT2D eigenvalue weighted by molar-refractivity contribution is 7.13. The molecule has 3 rings (SSSR count). The summed E-state index contributed by atoms with van der Waals surface area (Å²) in [5.41, 5.74) is 7.26. The van der Waals surface area contributed by atoms with Gasteiger partial charge >= 0.3 is 0 Å². The van der Waals surface area contributed by atoms with Gasteiger partial charge in [-0.1, -0.05) is 0 Å². The number of rotatable bonds is 6. The number of aromatic nitrogens is 1. The molecule has 0 saturated carbocycles. The zero-order chi connectivity index (χ0) is 18.4. The third kappa shape index (κ3) is 4.37. The summed E-state index contributed by atoms with van der Waals surface area (Å²) in [5.74, 6) is 2.26. The number of thiazole rings is 1. The molecule has 1 aliphatic heterocycles. The van der Waals surface area contributed by atoms with Crippen molar-refractivity contribution < 1.29 is 9.47 Å². The van der Waals surface area contributed by atoms with Crippen LogP contribution in [0.1, 0.15) is 5.56 Å². The molecule has 1 aliphatic rings. The Balaban J connectivity index is 1.53. The predicted molar refractivity (Wildman–Crippen MR) is 106 cm³/mol. The molecule has 0 atom stereocenters. The van der Waals surface area contributed by atoms with E-state index in [9.17, 15) is 0 Å². The van der Waals surface area contributed by atoms with E-state index < -0.39 is 0 Å². The summed E-state index contributed by atoms with van der Waals surface area (Å²) < 4.78 is 10.7. The van der Waals surface area contributed by atoms with Crippen LogP contribution in [-0.2, 0) is 6.42 Å². The van der Waals surface area contributed by atoms with Crippen molar-refractivity contribution >= 4 is 22.4 Å². The van der Waals surface area contributed by atoms with Crippen LogP contribution in [0.4, 0.5) is 5.13 Å². The van der Waals surface area contributed by atoms with Crippen molar-refractivity contribution in [2.75, 3.05) is 51.8 Å². The largest absolute Gasteiger partial charge is 0.497 e. The van der Waals surface area contributed by atoms with Gasteiger partial charge in [-0.2, -0.15) is 0 Å². The van der Waals surface area contributed by atoms with Crippen LogP contribution in [0.2, 0.25) is 0 Å². The van der Waals surface area contributed by atoms with E-state index in [4.69, 9.17) is 15.2 Å². The highest BCUT2D eigenvalue weighted by Crippen LogP contribution is 2.24. The Kier molecular flexibility index (Phi) is 6.17. The van der Waals surface area contributed by atoms with E-state index in [-0.39, 0.29) is 0 Å². The average Bonchev–Trinajstić information content (AvgIpc) is 3.22. The summed E-state index contributed by atoms with van der Waals surface area (Å²) in [7, 11) is 3.33. The Morgan fingerprint density at radius 1 is 1.23 bits per heavy atom. The lowest BCUT2D eigenvalue weighted by Crippen LogP contribution is -2.51. The van der Waals surface area contributed by atoms with Crippen LogP contribution in [0, 0.1) is 0 Å². The minimum atomic E-state index is 0.602. The second-order valence-electron chi connectivity index (χ2n) is 5.96. The summed E-state index contributed by atoms with van der Waals surface area (Å²) >= 11 is 1.67. The van der Waals surface area contributed by atoms with Crippen LogP contribution in [0.5, 0.6) is 11.5 Å². The summed E-state index contributed by atoms with van der Waals surface area (Å²) in [4.78, 5) is 13.3. The van der Waals surface area contributed by atoms with Crippen molar-refractivity contribution in [2.45, 2.75) is 6.42 Å². The number of benzene rings is 1. The van der Waals surface area contributed by atoms with Gasteiger partial charge in [0.25, 0.3) is 0 Å². The first-order valence-corrected chi connectivity index (χ1v) is 9.49. The Morgan fingerprint density at radius 2 is 2.04 bits per heavy atom. The molecule has 2 heterocycles. The predicted octanol–water partition coefficient (Wildman–Crippen LogP) is 1.84. The highest BCUT2D eigenvalue weighted by atomic mass is 32.1. The number of ether oxygens (including phenoxy) is 2. The molecule has 1 saturated heterocycles. The third-order valence-corrected chi connectivity index (χ3v) is 5.27. The van der Waals surface area contributed by atoms with Gasteiger partial charge in [-0.05, 0) is 30.2 Å². The second kappa shape index (κ2) is 8.75. The van der Waals surface area contributed by atoms with Gasteiger partial charge in [-0.15, -0.1) is 11.3 Å². The van der Waals surface area contributed by atoms with Gasteiger partial charge in [0.1, 0.15) is 11.5 Å². The van der Waals surface area contributed by atoms with E-state index in [0.717, 1.165) is 54.8 Å². The first kappa shape index (κ1) is 18.3. The zero-order valence-corrected chi connectivity index (χ0v) is 16.0. The molecule has 1 aromatic heterocycles. The van der Waals surface area contributed by atoms with Crippen LogP contribution >= 0.6 is 11.3 Å². The van der Waals surface area contributed by atoms with E-state index in [2.05, 4.69) is 19.8 Å². The smallest absolute Gasteiger partial charge is 0.191 e. The first-order valence-electron chi connectivity index (χ1n) is 8.61. The van der Waals surface area contributed by atoms with Crippen LogP contribution in [0.3, 0.4) is 0 Å². The van der Waals surface area contributed by atoms with Crippen molar-refractivity contribution in [3.63, 3.8) is 0 Å². The molecule has 0 amide bonds. The monoisotopic (exact) mass is 375 g/mol. The van der Waals surface area contributed by atoms with Gasteiger partial charge in [0.15, 0.2) is 11.1 Å². The summed E-state index contributed by atoms with van der Waals surface area (Å²) in [6.07, 6.45) is 2.59. The maximum absolute atomic E-state index is 6.19. The molecule has 0 aliphatic carbocycles. The van der Waals surface area contributed by atoms with E-state index in [0.29, 0.717) is 12.5 Å². The van der Waals surface area contributed by atoms with E-state index >= 15 is 0 Å². The quantitative estimate of drug-likeness (QED) is 0.613. The summed E-state index contributed by atoms with van der Waals surface area (Å²) in [6.45, 7) is 4.15. The number of nitrogens with zero attached hydrogens (tertiary/aromatic N) is 4. The maximum atomic E-state index is 6.19. The van der Waals surface area contributed by atoms with Crippen molar-refractivity contribution in [3.8, 4) is 11.5 Å².